The molecule has 4 nitrogen and oxygen atoms in total. The number of hydrogen-bond acceptors (Lipinski definition) is 4. The van der Waals surface area contributed by atoms with Gasteiger partial charge in [-0.2, -0.15) is 4.39 Å². The summed E-state index contributed by atoms with van der Waals surface area (Å²) >= 11 is 0. The van der Waals surface area contributed by atoms with E-state index in [-0.39, 0.29) is 21.7 Å². The highest BCUT2D eigenvalue weighted by atomic mass is 19.1. The zero-order valence-corrected chi connectivity index (χ0v) is 23.4. The predicted octanol–water partition coefficient (Wildman–Crippen LogP) is 7.03. The summed E-state index contributed by atoms with van der Waals surface area (Å²) in [7, 11) is 1.50. The minimum Gasteiger partial charge on any atom is -0.365 e. The first-order valence-corrected chi connectivity index (χ1v) is 13.5. The van der Waals surface area contributed by atoms with E-state index in [0.29, 0.717) is 12.8 Å². The largest absolute Gasteiger partial charge is 0.365 e. The van der Waals surface area contributed by atoms with Crippen LogP contribution in [0.15, 0.2) is 34.9 Å². The van der Waals surface area contributed by atoms with Crippen LogP contribution in [0.4, 0.5) is 4.39 Å². The van der Waals surface area contributed by atoms with Gasteiger partial charge in [-0.25, -0.2) is 0 Å². The Balaban J connectivity index is 1.70. The molecule has 0 amide bonds. The van der Waals surface area contributed by atoms with Gasteiger partial charge in [0.1, 0.15) is 0 Å². The summed E-state index contributed by atoms with van der Waals surface area (Å²) in [4.78, 5) is 37.2. The van der Waals surface area contributed by atoms with Gasteiger partial charge in [-0.3, -0.25) is 14.4 Å². The molecule has 36 heavy (non-hydrogen) atoms. The Morgan fingerprint density at radius 2 is 1.47 bits per heavy atom. The number of carbonyl (C=O) groups excluding carboxylic acids is 3. The summed E-state index contributed by atoms with van der Waals surface area (Å²) in [6.07, 6.45) is 12.6. The molecule has 0 aromatic rings. The second-order valence-electron chi connectivity index (χ2n) is 13.8. The number of carbonyl (C=O) groups is 3. The standard InChI is InChI=1S/C31H43FO4/c1-26(2)11-17-29(5)21-19-22(33)24(34)31(7,36-8)20(21)9-10-23(29)30(26,6)18-14-27(3)12-15-28(4,16-13-27)25(32)35/h9-10,19H,11-18H2,1-8H3/t27-,28+,29-,30+,31-/m0/s1. The van der Waals surface area contributed by atoms with E-state index in [1.165, 1.54) is 12.7 Å². The van der Waals surface area contributed by atoms with Crippen molar-refractivity contribution in [3.63, 3.8) is 0 Å². The molecule has 4 rings (SSSR count). The van der Waals surface area contributed by atoms with Crippen molar-refractivity contribution in [2.45, 2.75) is 105 Å². The van der Waals surface area contributed by atoms with E-state index in [1.807, 2.05) is 6.08 Å². The Morgan fingerprint density at radius 1 is 0.861 bits per heavy atom. The number of ketones is 2. The highest BCUT2D eigenvalue weighted by molar-refractivity contribution is 6.46. The summed E-state index contributed by atoms with van der Waals surface area (Å²) in [5, 5.41) is 0. The lowest BCUT2D eigenvalue weighted by Gasteiger charge is -2.60. The predicted molar refractivity (Wildman–Crippen MR) is 139 cm³/mol. The van der Waals surface area contributed by atoms with Crippen LogP contribution in [0.1, 0.15) is 99.8 Å². The molecule has 3 atom stereocenters. The number of rotatable bonds is 5. The van der Waals surface area contributed by atoms with Crippen molar-refractivity contribution in [3.8, 4) is 0 Å². The van der Waals surface area contributed by atoms with Gasteiger partial charge in [-0.1, -0.05) is 52.3 Å². The molecule has 0 heterocycles. The van der Waals surface area contributed by atoms with Gasteiger partial charge < -0.3 is 4.74 Å². The fourth-order valence-corrected chi connectivity index (χ4v) is 7.43. The maximum Gasteiger partial charge on any atom is 0.307 e. The molecule has 0 radical (unpaired) electrons. The van der Waals surface area contributed by atoms with Crippen molar-refractivity contribution in [3.05, 3.63) is 34.9 Å². The van der Waals surface area contributed by atoms with Crippen molar-refractivity contribution in [2.24, 2.45) is 27.1 Å². The molecule has 2 saturated carbocycles. The van der Waals surface area contributed by atoms with E-state index in [0.717, 1.165) is 49.7 Å². The lowest BCUT2D eigenvalue weighted by Crippen LogP contribution is -2.54. The molecule has 0 bridgehead atoms. The minimum absolute atomic E-state index is 0.0394. The molecule has 0 saturated heterocycles. The fourth-order valence-electron chi connectivity index (χ4n) is 7.43. The zero-order chi connectivity index (χ0) is 26.9. The van der Waals surface area contributed by atoms with Gasteiger partial charge in [0.05, 0.1) is 5.41 Å². The first-order chi connectivity index (χ1) is 16.5. The second kappa shape index (κ2) is 8.31. The number of methoxy groups -OCH3 is 1. The van der Waals surface area contributed by atoms with Crippen LogP contribution < -0.4 is 0 Å². The lowest BCUT2D eigenvalue weighted by atomic mass is 9.44. The van der Waals surface area contributed by atoms with Crippen LogP contribution in [-0.2, 0) is 19.1 Å². The number of allylic oxidation sites excluding steroid dienone is 4. The molecule has 0 aromatic heterocycles. The maximum absolute atomic E-state index is 13.6. The normalized spacial score (nSPS) is 42.1. The van der Waals surface area contributed by atoms with E-state index in [4.69, 9.17) is 4.74 Å². The Labute approximate surface area is 215 Å². The lowest BCUT2D eigenvalue weighted by molar-refractivity contribution is -0.145. The van der Waals surface area contributed by atoms with E-state index in [1.54, 1.807) is 19.9 Å². The van der Waals surface area contributed by atoms with Crippen molar-refractivity contribution in [1.82, 2.24) is 0 Å². The molecular weight excluding hydrogens is 455 g/mol. The summed E-state index contributed by atoms with van der Waals surface area (Å²) in [6, 6.07) is -1.17. The Bertz CT molecular complexity index is 1100. The molecular formula is C31H43FO4. The van der Waals surface area contributed by atoms with E-state index in [2.05, 4.69) is 40.7 Å². The number of hydrogen-bond donors (Lipinski definition) is 0. The van der Waals surface area contributed by atoms with Crippen molar-refractivity contribution >= 4 is 17.6 Å². The third-order valence-electron chi connectivity index (χ3n) is 11.4. The average molecular weight is 499 g/mol. The smallest absolute Gasteiger partial charge is 0.307 e. The monoisotopic (exact) mass is 498 g/mol. The molecule has 4 aliphatic carbocycles. The highest BCUT2D eigenvalue weighted by Gasteiger charge is 2.59. The van der Waals surface area contributed by atoms with Crippen LogP contribution in [0.5, 0.6) is 0 Å². The van der Waals surface area contributed by atoms with E-state index < -0.39 is 28.6 Å². The Hall–Kier alpha value is -1.88. The number of fused-ring (bicyclic) bond motifs is 3. The minimum atomic E-state index is -1.26. The van der Waals surface area contributed by atoms with Gasteiger partial charge in [0.25, 0.3) is 0 Å². The number of Topliss-reactive ketones (excluding diaryl/α,β-unsaturated/α-hetero) is 1. The average Bonchev–Trinajstić information content (AvgIpc) is 2.82. The molecule has 0 aromatic carbocycles. The van der Waals surface area contributed by atoms with Crippen molar-refractivity contribution in [1.29, 1.82) is 0 Å². The first-order valence-electron chi connectivity index (χ1n) is 13.5. The van der Waals surface area contributed by atoms with E-state index in [9.17, 15) is 18.8 Å². The first kappa shape index (κ1) is 27.2. The quantitative estimate of drug-likeness (QED) is 0.301. The van der Waals surface area contributed by atoms with Gasteiger partial charge in [-0.05, 0) is 98.7 Å². The summed E-state index contributed by atoms with van der Waals surface area (Å²) < 4.78 is 19.3. The maximum atomic E-state index is 13.6. The van der Waals surface area contributed by atoms with Gasteiger partial charge >= 0.3 is 6.04 Å². The molecule has 0 aliphatic heterocycles. The second-order valence-corrected chi connectivity index (χ2v) is 13.8. The molecule has 5 heteroatoms. The van der Waals surface area contributed by atoms with Gasteiger partial charge in [-0.15, -0.1) is 0 Å². The van der Waals surface area contributed by atoms with Crippen molar-refractivity contribution in [2.75, 3.05) is 7.11 Å². The summed E-state index contributed by atoms with van der Waals surface area (Å²) in [5.41, 5.74) is 0.597. The summed E-state index contributed by atoms with van der Waals surface area (Å²) in [6.45, 7) is 15.0. The third-order valence-corrected chi connectivity index (χ3v) is 11.4. The summed E-state index contributed by atoms with van der Waals surface area (Å²) in [5.74, 6) is -0.996. The molecule has 0 unspecified atom stereocenters. The molecule has 0 N–H and O–H groups in total. The SMILES string of the molecule is CO[C@]1(C)C(=O)C(=O)C=C2C1=CC=C1[C@@]2(C)CCC(C)(C)[C@]1(C)CC[C@]1(C)CC[C@](C)(C(=O)F)CC1. The van der Waals surface area contributed by atoms with Gasteiger partial charge in [0.15, 0.2) is 5.60 Å². The van der Waals surface area contributed by atoms with Crippen LogP contribution in [-0.4, -0.2) is 30.3 Å². The Kier molecular flexibility index (Phi) is 6.27. The van der Waals surface area contributed by atoms with Crippen LogP contribution in [0.25, 0.3) is 0 Å². The molecule has 2 fully saturated rings. The molecule has 198 valence electrons. The third kappa shape index (κ3) is 3.75. The van der Waals surface area contributed by atoms with Gasteiger partial charge in [0, 0.05) is 12.5 Å². The van der Waals surface area contributed by atoms with Crippen LogP contribution in [0.2, 0.25) is 0 Å². The van der Waals surface area contributed by atoms with Gasteiger partial charge in [0.2, 0.25) is 11.6 Å². The topological polar surface area (TPSA) is 60.4 Å². The Morgan fingerprint density at radius 3 is 2.03 bits per heavy atom. The number of ether oxygens (including phenoxy) is 1. The fraction of sp³-hybridized carbons (Fsp3) is 0.710. The highest BCUT2D eigenvalue weighted by Crippen LogP contribution is 2.67. The van der Waals surface area contributed by atoms with Crippen LogP contribution in [0.3, 0.4) is 0 Å². The van der Waals surface area contributed by atoms with E-state index >= 15 is 0 Å². The van der Waals surface area contributed by atoms with Crippen molar-refractivity contribution < 1.29 is 23.5 Å². The molecule has 4 aliphatic rings. The number of halogens is 1. The van der Waals surface area contributed by atoms with Crippen LogP contribution >= 0.6 is 0 Å². The van der Waals surface area contributed by atoms with Crippen LogP contribution in [0, 0.1) is 27.1 Å². The zero-order valence-electron chi connectivity index (χ0n) is 23.4. The molecule has 0 spiro atoms.